The van der Waals surface area contributed by atoms with Crippen LogP contribution in [-0.2, 0) is 4.74 Å². The van der Waals surface area contributed by atoms with Gasteiger partial charge in [-0.25, -0.2) is 0 Å². The van der Waals surface area contributed by atoms with Gasteiger partial charge in [0.1, 0.15) is 0 Å². The van der Waals surface area contributed by atoms with Gasteiger partial charge in [0, 0.05) is 5.41 Å². The van der Waals surface area contributed by atoms with Crippen LogP contribution in [-0.4, -0.2) is 26.3 Å². The van der Waals surface area contributed by atoms with Gasteiger partial charge in [-0.05, 0) is 32.4 Å². The van der Waals surface area contributed by atoms with Crippen molar-refractivity contribution in [3.8, 4) is 0 Å². The molecule has 2 nitrogen and oxygen atoms in total. The molecule has 2 saturated heterocycles. The van der Waals surface area contributed by atoms with Gasteiger partial charge in [-0.15, -0.1) is 0 Å². The third-order valence-corrected chi connectivity index (χ3v) is 2.71. The van der Waals surface area contributed by atoms with E-state index >= 15 is 0 Å². The summed E-state index contributed by atoms with van der Waals surface area (Å²) in [5.74, 6) is 0. The van der Waals surface area contributed by atoms with Crippen molar-refractivity contribution >= 4 is 0 Å². The van der Waals surface area contributed by atoms with Crippen LogP contribution in [0.3, 0.4) is 0 Å². The molecule has 0 aliphatic carbocycles. The molecular formula is C8H15NO. The first-order valence-electron chi connectivity index (χ1n) is 4.20. The summed E-state index contributed by atoms with van der Waals surface area (Å²) in [6, 6.07) is 0. The highest BCUT2D eigenvalue weighted by Gasteiger charge is 2.37. The minimum atomic E-state index is 0.601. The van der Waals surface area contributed by atoms with Gasteiger partial charge in [0.25, 0.3) is 0 Å². The van der Waals surface area contributed by atoms with Crippen molar-refractivity contribution in [2.45, 2.75) is 19.3 Å². The van der Waals surface area contributed by atoms with Crippen LogP contribution < -0.4 is 5.32 Å². The number of hydrogen-bond donors (Lipinski definition) is 1. The van der Waals surface area contributed by atoms with E-state index in [0.29, 0.717) is 5.41 Å². The van der Waals surface area contributed by atoms with Crippen LogP contribution in [0.25, 0.3) is 0 Å². The standard InChI is InChI=1S/C8H15NO/c1-2-8(6-10-7-8)3-5-9-4-1/h9H,1-7H2. The van der Waals surface area contributed by atoms with E-state index in [0.717, 1.165) is 13.2 Å². The summed E-state index contributed by atoms with van der Waals surface area (Å²) in [7, 11) is 0. The fourth-order valence-corrected chi connectivity index (χ4v) is 1.87. The van der Waals surface area contributed by atoms with Crippen LogP contribution in [0.5, 0.6) is 0 Å². The molecule has 2 aliphatic rings. The fourth-order valence-electron chi connectivity index (χ4n) is 1.87. The number of nitrogens with one attached hydrogen (secondary N) is 1. The van der Waals surface area contributed by atoms with Gasteiger partial charge >= 0.3 is 0 Å². The summed E-state index contributed by atoms with van der Waals surface area (Å²) < 4.78 is 5.24. The van der Waals surface area contributed by atoms with Crippen LogP contribution in [0, 0.1) is 5.41 Å². The minimum Gasteiger partial charge on any atom is -0.380 e. The van der Waals surface area contributed by atoms with Gasteiger partial charge < -0.3 is 10.1 Å². The largest absolute Gasteiger partial charge is 0.380 e. The summed E-state index contributed by atoms with van der Waals surface area (Å²) >= 11 is 0. The Balaban J connectivity index is 1.92. The lowest BCUT2D eigenvalue weighted by Gasteiger charge is -2.40. The zero-order chi connectivity index (χ0) is 6.86. The predicted octanol–water partition coefficient (Wildman–Crippen LogP) is 0.776. The van der Waals surface area contributed by atoms with Crippen LogP contribution in [0.2, 0.25) is 0 Å². The molecule has 0 aromatic heterocycles. The van der Waals surface area contributed by atoms with Crippen LogP contribution in [0.4, 0.5) is 0 Å². The van der Waals surface area contributed by atoms with Gasteiger partial charge in [-0.2, -0.15) is 0 Å². The van der Waals surface area contributed by atoms with E-state index in [1.807, 2.05) is 0 Å². The molecular weight excluding hydrogens is 126 g/mol. The SMILES string of the molecule is C1CNCCC2(C1)COC2. The molecule has 10 heavy (non-hydrogen) atoms. The highest BCUT2D eigenvalue weighted by molar-refractivity contribution is 4.87. The third kappa shape index (κ3) is 1.06. The fraction of sp³-hybridized carbons (Fsp3) is 1.00. The van der Waals surface area contributed by atoms with Gasteiger partial charge in [-0.1, -0.05) is 0 Å². The molecule has 2 fully saturated rings. The quantitative estimate of drug-likeness (QED) is 0.538. The molecule has 0 bridgehead atoms. The van der Waals surface area contributed by atoms with E-state index in [4.69, 9.17) is 4.74 Å². The zero-order valence-electron chi connectivity index (χ0n) is 6.36. The summed E-state index contributed by atoms with van der Waals surface area (Å²) in [5, 5.41) is 3.42. The van der Waals surface area contributed by atoms with Crippen LogP contribution in [0.1, 0.15) is 19.3 Å². The van der Waals surface area contributed by atoms with E-state index in [-0.39, 0.29) is 0 Å². The second kappa shape index (κ2) is 2.51. The van der Waals surface area contributed by atoms with Crippen molar-refractivity contribution in [3.63, 3.8) is 0 Å². The maximum atomic E-state index is 5.24. The normalized spacial score (nSPS) is 31.2. The van der Waals surface area contributed by atoms with E-state index in [2.05, 4.69) is 5.32 Å². The van der Waals surface area contributed by atoms with Crippen molar-refractivity contribution in [1.82, 2.24) is 5.32 Å². The second-order valence-corrected chi connectivity index (χ2v) is 3.60. The average molecular weight is 141 g/mol. The highest BCUT2D eigenvalue weighted by atomic mass is 16.5. The first-order valence-corrected chi connectivity index (χ1v) is 4.20. The molecule has 0 radical (unpaired) electrons. The molecule has 0 unspecified atom stereocenters. The van der Waals surface area contributed by atoms with Crippen molar-refractivity contribution in [2.75, 3.05) is 26.3 Å². The minimum absolute atomic E-state index is 0.601. The van der Waals surface area contributed by atoms with E-state index in [9.17, 15) is 0 Å². The number of rotatable bonds is 0. The first-order chi connectivity index (χ1) is 4.91. The molecule has 2 heteroatoms. The van der Waals surface area contributed by atoms with Gasteiger partial charge in [0.2, 0.25) is 0 Å². The maximum absolute atomic E-state index is 5.24. The summed E-state index contributed by atoms with van der Waals surface area (Å²) in [5.41, 5.74) is 0.601. The Labute approximate surface area is 61.9 Å². The lowest BCUT2D eigenvalue weighted by atomic mass is 9.79. The molecule has 58 valence electrons. The van der Waals surface area contributed by atoms with Gasteiger partial charge in [0.05, 0.1) is 13.2 Å². The molecule has 1 N–H and O–H groups in total. The first kappa shape index (κ1) is 6.62. The number of hydrogen-bond acceptors (Lipinski definition) is 2. The highest BCUT2D eigenvalue weighted by Crippen LogP contribution is 2.36. The molecule has 2 heterocycles. The molecule has 0 aromatic rings. The number of ether oxygens (including phenoxy) is 1. The van der Waals surface area contributed by atoms with E-state index in [1.165, 1.54) is 32.4 Å². The molecule has 0 saturated carbocycles. The molecule has 0 amide bonds. The second-order valence-electron chi connectivity index (χ2n) is 3.60. The van der Waals surface area contributed by atoms with Crippen molar-refractivity contribution < 1.29 is 4.74 Å². The Morgan fingerprint density at radius 1 is 1.10 bits per heavy atom. The predicted molar refractivity (Wildman–Crippen MR) is 40.0 cm³/mol. The Hall–Kier alpha value is -0.0800. The third-order valence-electron chi connectivity index (χ3n) is 2.71. The zero-order valence-corrected chi connectivity index (χ0v) is 6.36. The molecule has 0 atom stereocenters. The Morgan fingerprint density at radius 3 is 2.70 bits per heavy atom. The van der Waals surface area contributed by atoms with Gasteiger partial charge in [0.15, 0.2) is 0 Å². The Morgan fingerprint density at radius 2 is 2.00 bits per heavy atom. The maximum Gasteiger partial charge on any atom is 0.0545 e. The van der Waals surface area contributed by atoms with Crippen LogP contribution in [0.15, 0.2) is 0 Å². The molecule has 1 spiro atoms. The average Bonchev–Trinajstić information content (AvgIpc) is 2.08. The topological polar surface area (TPSA) is 21.3 Å². The smallest absolute Gasteiger partial charge is 0.0545 e. The summed E-state index contributed by atoms with van der Waals surface area (Å²) in [6.07, 6.45) is 4.04. The molecule has 0 aromatic carbocycles. The summed E-state index contributed by atoms with van der Waals surface area (Å²) in [4.78, 5) is 0. The van der Waals surface area contributed by atoms with Crippen LogP contribution >= 0.6 is 0 Å². The monoisotopic (exact) mass is 141 g/mol. The Bertz CT molecular complexity index is 110. The lowest BCUT2D eigenvalue weighted by Crippen LogP contribution is -2.42. The lowest BCUT2D eigenvalue weighted by molar-refractivity contribution is -0.118. The van der Waals surface area contributed by atoms with Gasteiger partial charge in [-0.3, -0.25) is 0 Å². The summed E-state index contributed by atoms with van der Waals surface area (Å²) in [6.45, 7) is 4.45. The van der Waals surface area contributed by atoms with Crippen molar-refractivity contribution in [3.05, 3.63) is 0 Å². The Kier molecular flexibility index (Phi) is 1.66. The van der Waals surface area contributed by atoms with Crippen molar-refractivity contribution in [2.24, 2.45) is 5.41 Å². The molecule has 2 aliphatic heterocycles. The molecule has 2 rings (SSSR count). The van der Waals surface area contributed by atoms with Crippen molar-refractivity contribution in [1.29, 1.82) is 0 Å². The van der Waals surface area contributed by atoms with E-state index < -0.39 is 0 Å². The van der Waals surface area contributed by atoms with E-state index in [1.54, 1.807) is 0 Å².